The zero-order valence-electron chi connectivity index (χ0n) is 10.3. The summed E-state index contributed by atoms with van der Waals surface area (Å²) < 4.78 is 1.53. The lowest BCUT2D eigenvalue weighted by molar-refractivity contribution is -0.153. The molecule has 0 aliphatic rings. The van der Waals surface area contributed by atoms with Gasteiger partial charge in [0, 0.05) is 11.8 Å². The van der Waals surface area contributed by atoms with Crippen LogP contribution in [-0.4, -0.2) is 37.2 Å². The van der Waals surface area contributed by atoms with E-state index in [9.17, 15) is 15.0 Å². The van der Waals surface area contributed by atoms with E-state index in [1.165, 1.54) is 10.9 Å². The lowest BCUT2D eigenvalue weighted by Gasteiger charge is -2.12. The number of aliphatic hydroxyl groups excluding tert-OH is 2. The number of benzene rings is 1. The van der Waals surface area contributed by atoms with Crippen LogP contribution in [0.3, 0.4) is 0 Å². The van der Waals surface area contributed by atoms with E-state index in [1.807, 2.05) is 30.3 Å². The Bertz CT molecular complexity index is 580. The number of nitrogens with zero attached hydrogens (tertiary/aromatic N) is 2. The maximum atomic E-state index is 10.7. The van der Waals surface area contributed by atoms with E-state index in [1.54, 1.807) is 6.92 Å². The van der Waals surface area contributed by atoms with E-state index in [0.29, 0.717) is 11.3 Å². The van der Waals surface area contributed by atoms with Gasteiger partial charge in [-0.15, -0.1) is 0 Å². The number of aromatic nitrogens is 2. The van der Waals surface area contributed by atoms with Gasteiger partial charge in [-0.25, -0.2) is 9.48 Å². The van der Waals surface area contributed by atoms with Crippen LogP contribution in [0.25, 0.3) is 5.69 Å². The van der Waals surface area contributed by atoms with Crippen LogP contribution < -0.4 is 0 Å². The number of hydrogen-bond acceptors (Lipinski definition) is 4. The zero-order chi connectivity index (χ0) is 14.0. The highest BCUT2D eigenvalue weighted by Crippen LogP contribution is 2.21. The average molecular weight is 262 g/mol. The molecule has 0 fully saturated rings. The minimum absolute atomic E-state index is 0.291. The summed E-state index contributed by atoms with van der Waals surface area (Å²) in [7, 11) is 0. The van der Waals surface area contributed by atoms with Crippen molar-refractivity contribution in [1.82, 2.24) is 9.78 Å². The quantitative estimate of drug-likeness (QED) is 0.752. The van der Waals surface area contributed by atoms with E-state index in [-0.39, 0.29) is 0 Å². The second kappa shape index (κ2) is 5.21. The number of aryl methyl sites for hydroxylation is 1. The summed E-state index contributed by atoms with van der Waals surface area (Å²) in [4.78, 5) is 10.7. The molecule has 6 heteroatoms. The second-order valence-electron chi connectivity index (χ2n) is 4.18. The SMILES string of the molecule is Cc1nn(-c2ccccc2)cc1C(O)C(O)C(=O)O. The summed E-state index contributed by atoms with van der Waals surface area (Å²) >= 11 is 0. The Morgan fingerprint density at radius 1 is 1.26 bits per heavy atom. The van der Waals surface area contributed by atoms with Gasteiger partial charge in [0.2, 0.25) is 0 Å². The Balaban J connectivity index is 2.34. The molecule has 3 N–H and O–H groups in total. The number of rotatable bonds is 4. The van der Waals surface area contributed by atoms with Gasteiger partial charge >= 0.3 is 5.97 Å². The standard InChI is InChI=1S/C13H14N2O4/c1-8-10(11(16)12(17)13(18)19)7-15(14-8)9-5-3-2-4-6-9/h2-7,11-12,16-17H,1H3,(H,18,19). The summed E-state index contributed by atoms with van der Waals surface area (Å²) in [5, 5.41) is 32.1. The van der Waals surface area contributed by atoms with Crippen LogP contribution in [0.5, 0.6) is 0 Å². The summed E-state index contributed by atoms with van der Waals surface area (Å²) in [6.07, 6.45) is -1.86. The summed E-state index contributed by atoms with van der Waals surface area (Å²) in [6.45, 7) is 1.65. The van der Waals surface area contributed by atoms with Crippen molar-refractivity contribution < 1.29 is 20.1 Å². The molecule has 0 aliphatic heterocycles. The highest BCUT2D eigenvalue weighted by Gasteiger charge is 2.28. The van der Waals surface area contributed by atoms with Gasteiger partial charge in [-0.05, 0) is 19.1 Å². The molecule has 0 spiro atoms. The summed E-state index contributed by atoms with van der Waals surface area (Å²) in [5.41, 5.74) is 1.55. The fraction of sp³-hybridized carbons (Fsp3) is 0.231. The molecule has 100 valence electrons. The van der Waals surface area contributed by atoms with Crippen LogP contribution in [0.2, 0.25) is 0 Å². The number of aliphatic hydroxyl groups is 2. The first-order valence-electron chi connectivity index (χ1n) is 5.71. The first kappa shape index (κ1) is 13.3. The number of carboxylic acids is 1. The second-order valence-corrected chi connectivity index (χ2v) is 4.18. The van der Waals surface area contributed by atoms with Gasteiger partial charge in [0.25, 0.3) is 0 Å². The van der Waals surface area contributed by atoms with Gasteiger partial charge in [-0.2, -0.15) is 5.10 Å². The normalized spacial score (nSPS) is 14.1. The first-order chi connectivity index (χ1) is 9.00. The van der Waals surface area contributed by atoms with Crippen LogP contribution in [0.4, 0.5) is 0 Å². The van der Waals surface area contributed by atoms with Gasteiger partial charge in [0.15, 0.2) is 6.10 Å². The Morgan fingerprint density at radius 2 is 1.89 bits per heavy atom. The lowest BCUT2D eigenvalue weighted by atomic mass is 10.1. The highest BCUT2D eigenvalue weighted by molar-refractivity contribution is 5.73. The molecule has 0 saturated carbocycles. The van der Waals surface area contributed by atoms with E-state index in [0.717, 1.165) is 5.69 Å². The van der Waals surface area contributed by atoms with Crippen LogP contribution in [-0.2, 0) is 4.79 Å². The third kappa shape index (κ3) is 2.64. The Morgan fingerprint density at radius 3 is 2.47 bits per heavy atom. The van der Waals surface area contributed by atoms with Crippen LogP contribution in [0, 0.1) is 6.92 Å². The number of hydrogen-bond donors (Lipinski definition) is 3. The predicted octanol–water partition coefficient (Wildman–Crippen LogP) is 0.660. The van der Waals surface area contributed by atoms with E-state index in [2.05, 4.69) is 5.10 Å². The number of carboxylic acid groups (broad SMARTS) is 1. The molecule has 0 bridgehead atoms. The molecule has 2 aromatic rings. The van der Waals surface area contributed by atoms with Crippen LogP contribution in [0.1, 0.15) is 17.4 Å². The molecule has 1 heterocycles. The number of carbonyl (C=O) groups is 1. The molecule has 2 unspecified atom stereocenters. The molecule has 1 aromatic heterocycles. The van der Waals surface area contributed by atoms with Crippen molar-refractivity contribution in [2.45, 2.75) is 19.1 Å². The molecule has 0 saturated heterocycles. The maximum absolute atomic E-state index is 10.7. The lowest BCUT2D eigenvalue weighted by Crippen LogP contribution is -2.27. The van der Waals surface area contributed by atoms with Gasteiger partial charge < -0.3 is 15.3 Å². The van der Waals surface area contributed by atoms with Crippen molar-refractivity contribution in [2.75, 3.05) is 0 Å². The van der Waals surface area contributed by atoms with Gasteiger partial charge in [-0.3, -0.25) is 0 Å². The summed E-state index contributed by atoms with van der Waals surface area (Å²) in [6, 6.07) is 9.21. The number of aliphatic carboxylic acids is 1. The van der Waals surface area contributed by atoms with Crippen molar-refractivity contribution in [2.24, 2.45) is 0 Å². The van der Waals surface area contributed by atoms with E-state index < -0.39 is 18.2 Å². The van der Waals surface area contributed by atoms with E-state index in [4.69, 9.17) is 5.11 Å². The molecule has 6 nitrogen and oxygen atoms in total. The molecular formula is C13H14N2O4. The van der Waals surface area contributed by atoms with Gasteiger partial charge in [0.05, 0.1) is 11.4 Å². The smallest absolute Gasteiger partial charge is 0.335 e. The largest absolute Gasteiger partial charge is 0.479 e. The molecule has 1 aromatic carbocycles. The summed E-state index contributed by atoms with van der Waals surface area (Å²) in [5.74, 6) is -1.47. The Hall–Kier alpha value is -2.18. The van der Waals surface area contributed by atoms with Crippen molar-refractivity contribution in [3.63, 3.8) is 0 Å². The predicted molar refractivity (Wildman–Crippen MR) is 66.9 cm³/mol. The molecule has 2 rings (SSSR count). The van der Waals surface area contributed by atoms with Gasteiger partial charge in [0.1, 0.15) is 6.10 Å². The van der Waals surface area contributed by atoms with Crippen LogP contribution >= 0.6 is 0 Å². The highest BCUT2D eigenvalue weighted by atomic mass is 16.4. The molecule has 0 aliphatic carbocycles. The van der Waals surface area contributed by atoms with Crippen molar-refractivity contribution >= 4 is 5.97 Å². The number of para-hydroxylation sites is 1. The van der Waals surface area contributed by atoms with Crippen molar-refractivity contribution in [3.05, 3.63) is 47.8 Å². The minimum atomic E-state index is -1.87. The zero-order valence-corrected chi connectivity index (χ0v) is 10.3. The van der Waals surface area contributed by atoms with Crippen LogP contribution in [0.15, 0.2) is 36.5 Å². The molecule has 0 radical (unpaired) electrons. The Kier molecular flexibility index (Phi) is 3.64. The molecule has 2 atom stereocenters. The maximum Gasteiger partial charge on any atom is 0.335 e. The molecular weight excluding hydrogens is 248 g/mol. The van der Waals surface area contributed by atoms with Gasteiger partial charge in [-0.1, -0.05) is 18.2 Å². The fourth-order valence-corrected chi connectivity index (χ4v) is 1.78. The monoisotopic (exact) mass is 262 g/mol. The third-order valence-electron chi connectivity index (χ3n) is 2.83. The fourth-order valence-electron chi connectivity index (χ4n) is 1.78. The minimum Gasteiger partial charge on any atom is -0.479 e. The Labute approximate surface area is 109 Å². The van der Waals surface area contributed by atoms with Crippen molar-refractivity contribution in [3.8, 4) is 5.69 Å². The molecule has 0 amide bonds. The van der Waals surface area contributed by atoms with E-state index >= 15 is 0 Å². The van der Waals surface area contributed by atoms with Crippen molar-refractivity contribution in [1.29, 1.82) is 0 Å². The first-order valence-corrected chi connectivity index (χ1v) is 5.71. The molecule has 19 heavy (non-hydrogen) atoms. The average Bonchev–Trinajstić information content (AvgIpc) is 2.80. The third-order valence-corrected chi connectivity index (χ3v) is 2.83. The topological polar surface area (TPSA) is 95.6 Å².